The number of nitrogens with zero attached hydrogens (tertiary/aromatic N) is 1. The van der Waals surface area contributed by atoms with Crippen molar-refractivity contribution in [2.45, 2.75) is 34.1 Å². The highest BCUT2D eigenvalue weighted by atomic mass is 16.5. The van der Waals surface area contributed by atoms with Crippen molar-refractivity contribution < 1.29 is 9.53 Å². The van der Waals surface area contributed by atoms with E-state index in [1.54, 1.807) is 0 Å². The van der Waals surface area contributed by atoms with E-state index in [-0.39, 0.29) is 18.4 Å². The minimum absolute atomic E-state index is 0.0962. The Labute approximate surface area is 115 Å². The van der Waals surface area contributed by atoms with E-state index in [9.17, 15) is 4.79 Å². The molecule has 0 saturated carbocycles. The van der Waals surface area contributed by atoms with Gasteiger partial charge in [-0.05, 0) is 31.9 Å². The fourth-order valence-corrected chi connectivity index (χ4v) is 2.20. The maximum atomic E-state index is 12.3. The van der Waals surface area contributed by atoms with Crippen LogP contribution in [0.1, 0.15) is 32.2 Å². The minimum atomic E-state index is -0.698. The van der Waals surface area contributed by atoms with Gasteiger partial charge in [-0.25, -0.2) is 0 Å². The van der Waals surface area contributed by atoms with E-state index < -0.39 is 5.41 Å². The zero-order chi connectivity index (χ0) is 14.5. The Kier molecular flexibility index (Phi) is 5.48. The first-order chi connectivity index (χ1) is 8.96. The van der Waals surface area contributed by atoms with E-state index in [4.69, 9.17) is 10.5 Å². The first-order valence-corrected chi connectivity index (χ1v) is 6.76. The van der Waals surface area contributed by atoms with Crippen LogP contribution >= 0.6 is 0 Å². The van der Waals surface area contributed by atoms with Crippen molar-refractivity contribution in [3.63, 3.8) is 0 Å². The molecule has 1 aromatic heterocycles. The summed E-state index contributed by atoms with van der Waals surface area (Å²) in [7, 11) is 0. The van der Waals surface area contributed by atoms with Crippen LogP contribution in [0.15, 0.2) is 18.2 Å². The lowest BCUT2D eigenvalue weighted by Crippen LogP contribution is -2.46. The molecule has 0 bridgehead atoms. The number of rotatable bonds is 6. The van der Waals surface area contributed by atoms with Gasteiger partial charge >= 0.3 is 5.97 Å². The van der Waals surface area contributed by atoms with Crippen molar-refractivity contribution in [3.05, 3.63) is 29.6 Å². The number of nitrogens with two attached hydrogens (primary N) is 1. The van der Waals surface area contributed by atoms with Crippen LogP contribution in [0.25, 0.3) is 0 Å². The molecule has 0 aliphatic heterocycles. The number of carbonyl (C=O) groups is 1. The number of hydrogen-bond donors (Lipinski definition) is 1. The van der Waals surface area contributed by atoms with Crippen molar-refractivity contribution in [1.82, 2.24) is 4.98 Å². The average Bonchev–Trinajstić information content (AvgIpc) is 2.36. The predicted octanol–water partition coefficient (Wildman–Crippen LogP) is 2.10. The summed E-state index contributed by atoms with van der Waals surface area (Å²) in [5.74, 6) is -0.130. The van der Waals surface area contributed by atoms with E-state index in [1.165, 1.54) is 0 Å². The van der Waals surface area contributed by atoms with E-state index in [0.29, 0.717) is 13.0 Å². The Morgan fingerprint density at radius 1 is 1.47 bits per heavy atom. The number of aryl methyl sites for hydroxylation is 1. The summed E-state index contributed by atoms with van der Waals surface area (Å²) in [6, 6.07) is 5.82. The molecule has 1 rings (SSSR count). The van der Waals surface area contributed by atoms with Gasteiger partial charge in [-0.3, -0.25) is 9.78 Å². The number of aromatic nitrogens is 1. The second-order valence-corrected chi connectivity index (χ2v) is 5.18. The summed E-state index contributed by atoms with van der Waals surface area (Å²) in [5.41, 5.74) is 7.02. The molecule has 1 heterocycles. The third kappa shape index (κ3) is 3.53. The van der Waals surface area contributed by atoms with Crippen LogP contribution < -0.4 is 5.73 Å². The first-order valence-electron chi connectivity index (χ1n) is 6.76. The SMILES string of the molecule is CCOC(=O)C(CN)(Cc1cccc(C)n1)C(C)C. The van der Waals surface area contributed by atoms with Crippen LogP contribution in [0.2, 0.25) is 0 Å². The van der Waals surface area contributed by atoms with Gasteiger partial charge in [-0.1, -0.05) is 19.9 Å². The largest absolute Gasteiger partial charge is 0.466 e. The Morgan fingerprint density at radius 2 is 2.16 bits per heavy atom. The highest BCUT2D eigenvalue weighted by Crippen LogP contribution is 2.32. The predicted molar refractivity (Wildman–Crippen MR) is 75.6 cm³/mol. The molecule has 4 nitrogen and oxygen atoms in total. The molecule has 0 spiro atoms. The highest BCUT2D eigenvalue weighted by molar-refractivity contribution is 5.78. The third-order valence-electron chi connectivity index (χ3n) is 3.59. The van der Waals surface area contributed by atoms with Gasteiger partial charge in [0.05, 0.1) is 12.0 Å². The molecule has 2 N–H and O–H groups in total. The Bertz CT molecular complexity index is 432. The minimum Gasteiger partial charge on any atom is -0.466 e. The molecule has 0 amide bonds. The second-order valence-electron chi connectivity index (χ2n) is 5.18. The molecule has 1 unspecified atom stereocenters. The zero-order valence-corrected chi connectivity index (χ0v) is 12.3. The summed E-state index contributed by atoms with van der Waals surface area (Å²) in [5, 5.41) is 0. The molecule has 0 saturated heterocycles. The highest BCUT2D eigenvalue weighted by Gasteiger charge is 2.42. The van der Waals surface area contributed by atoms with Crippen LogP contribution in [-0.2, 0) is 16.0 Å². The molecule has 0 fully saturated rings. The maximum Gasteiger partial charge on any atom is 0.314 e. The maximum absolute atomic E-state index is 12.3. The van der Waals surface area contributed by atoms with Crippen molar-refractivity contribution in [1.29, 1.82) is 0 Å². The van der Waals surface area contributed by atoms with E-state index in [1.807, 2.05) is 45.9 Å². The van der Waals surface area contributed by atoms with E-state index in [2.05, 4.69) is 4.98 Å². The van der Waals surface area contributed by atoms with Gasteiger partial charge in [-0.2, -0.15) is 0 Å². The molecule has 106 valence electrons. The molecule has 4 heteroatoms. The van der Waals surface area contributed by atoms with Gasteiger partial charge in [-0.15, -0.1) is 0 Å². The Balaban J connectivity index is 3.07. The standard InChI is InChI=1S/C15H24N2O2/c1-5-19-14(18)15(10-16,11(2)3)9-13-8-6-7-12(4)17-13/h6-8,11H,5,9-10,16H2,1-4H3. The number of pyridine rings is 1. The molecule has 19 heavy (non-hydrogen) atoms. The average molecular weight is 264 g/mol. The summed E-state index contributed by atoms with van der Waals surface area (Å²) in [6.45, 7) is 8.38. The van der Waals surface area contributed by atoms with Gasteiger partial charge in [0.25, 0.3) is 0 Å². The summed E-state index contributed by atoms with van der Waals surface area (Å²) in [4.78, 5) is 16.8. The van der Waals surface area contributed by atoms with Crippen LogP contribution in [0.4, 0.5) is 0 Å². The van der Waals surface area contributed by atoms with Crippen molar-refractivity contribution in [2.75, 3.05) is 13.2 Å². The molecule has 1 atom stereocenters. The van der Waals surface area contributed by atoms with Gasteiger partial charge in [0.2, 0.25) is 0 Å². The van der Waals surface area contributed by atoms with Crippen LogP contribution in [-0.4, -0.2) is 24.1 Å². The number of ether oxygens (including phenoxy) is 1. The van der Waals surface area contributed by atoms with Crippen LogP contribution in [0.3, 0.4) is 0 Å². The molecule has 0 radical (unpaired) electrons. The monoisotopic (exact) mass is 264 g/mol. The molecule has 0 aliphatic carbocycles. The fraction of sp³-hybridized carbons (Fsp3) is 0.600. The topological polar surface area (TPSA) is 65.2 Å². The first kappa shape index (κ1) is 15.6. The molecule has 1 aromatic rings. The third-order valence-corrected chi connectivity index (χ3v) is 3.59. The lowest BCUT2D eigenvalue weighted by molar-refractivity contribution is -0.157. The number of esters is 1. The fourth-order valence-electron chi connectivity index (χ4n) is 2.20. The van der Waals surface area contributed by atoms with Gasteiger partial charge in [0.1, 0.15) is 0 Å². The number of carbonyl (C=O) groups excluding carboxylic acids is 1. The van der Waals surface area contributed by atoms with Crippen molar-refractivity contribution >= 4 is 5.97 Å². The molecule has 0 aromatic carbocycles. The molecular weight excluding hydrogens is 240 g/mol. The lowest BCUT2D eigenvalue weighted by Gasteiger charge is -2.33. The summed E-state index contributed by atoms with van der Waals surface area (Å²) >= 11 is 0. The second kappa shape index (κ2) is 6.66. The smallest absolute Gasteiger partial charge is 0.314 e. The summed E-state index contributed by atoms with van der Waals surface area (Å²) < 4.78 is 5.22. The zero-order valence-electron chi connectivity index (χ0n) is 12.3. The van der Waals surface area contributed by atoms with Gasteiger partial charge in [0.15, 0.2) is 0 Å². The van der Waals surface area contributed by atoms with Crippen LogP contribution in [0.5, 0.6) is 0 Å². The van der Waals surface area contributed by atoms with E-state index >= 15 is 0 Å². The lowest BCUT2D eigenvalue weighted by atomic mass is 9.73. The Morgan fingerprint density at radius 3 is 2.63 bits per heavy atom. The van der Waals surface area contributed by atoms with E-state index in [0.717, 1.165) is 11.4 Å². The van der Waals surface area contributed by atoms with Crippen LogP contribution in [0, 0.1) is 18.3 Å². The molecule has 0 aliphatic rings. The normalized spacial score (nSPS) is 14.2. The summed E-state index contributed by atoms with van der Waals surface area (Å²) in [6.07, 6.45) is 0.516. The quantitative estimate of drug-likeness (QED) is 0.799. The Hall–Kier alpha value is -1.42. The van der Waals surface area contributed by atoms with Gasteiger partial charge in [0, 0.05) is 24.4 Å². The van der Waals surface area contributed by atoms with Crippen molar-refractivity contribution in [2.24, 2.45) is 17.1 Å². The molecular formula is C15H24N2O2. The van der Waals surface area contributed by atoms with Crippen molar-refractivity contribution in [3.8, 4) is 0 Å². The number of hydrogen-bond acceptors (Lipinski definition) is 4. The van der Waals surface area contributed by atoms with Gasteiger partial charge < -0.3 is 10.5 Å².